The lowest BCUT2D eigenvalue weighted by molar-refractivity contribution is -0.117. The van der Waals surface area contributed by atoms with Crippen molar-refractivity contribution in [2.24, 2.45) is 5.73 Å². The van der Waals surface area contributed by atoms with Crippen LogP contribution in [0, 0.1) is 0 Å². The lowest BCUT2D eigenvalue weighted by Crippen LogP contribution is -2.46. The molecule has 4 N–H and O–H groups in total. The third kappa shape index (κ3) is 4.11. The first-order chi connectivity index (χ1) is 7.63. The van der Waals surface area contributed by atoms with Crippen LogP contribution in [0.3, 0.4) is 0 Å². The van der Waals surface area contributed by atoms with E-state index in [1.165, 1.54) is 0 Å². The summed E-state index contributed by atoms with van der Waals surface area (Å²) in [5.74, 6) is 1.10. The van der Waals surface area contributed by atoms with Crippen LogP contribution in [-0.4, -0.2) is 12.4 Å². The van der Waals surface area contributed by atoms with E-state index in [4.69, 9.17) is 27.5 Å². The lowest BCUT2D eigenvalue weighted by atomic mass is 10.1. The number of ether oxygens (including phenoxy) is 1. The predicted molar refractivity (Wildman–Crippen MR) is 66.7 cm³/mol. The Morgan fingerprint density at radius 1 is 1.50 bits per heavy atom. The Morgan fingerprint density at radius 3 is 2.81 bits per heavy atom. The van der Waals surface area contributed by atoms with Crippen LogP contribution < -0.4 is 15.9 Å². The van der Waals surface area contributed by atoms with E-state index in [9.17, 15) is 0 Å². The topological polar surface area (TPSA) is 60.8 Å². The molecule has 0 aliphatic carbocycles. The lowest BCUT2D eigenvalue weighted by Gasteiger charge is -2.08. The fraction of sp³-hybridized carbons (Fsp3) is 0.417. The Kier molecular flexibility index (Phi) is 5.12. The number of halogens is 1. The standard InChI is InChI=1S/C12H17ClN2O/c1-2-3-6-16-11-5-4-9(7-10(11)13)8-12(14)15/h4-5,7H,2-3,6,8H2,1H3,(H3,14,15)/p+1. The van der Waals surface area contributed by atoms with E-state index in [1.54, 1.807) is 0 Å². The van der Waals surface area contributed by atoms with Crippen LogP contribution in [0.4, 0.5) is 0 Å². The van der Waals surface area contributed by atoms with Gasteiger partial charge in [0.2, 0.25) is 5.84 Å². The van der Waals surface area contributed by atoms with Gasteiger partial charge in [-0.3, -0.25) is 11.1 Å². The van der Waals surface area contributed by atoms with Crippen LogP contribution in [0.15, 0.2) is 18.2 Å². The van der Waals surface area contributed by atoms with Crippen LogP contribution in [0.1, 0.15) is 25.3 Å². The molecule has 0 saturated carbocycles. The minimum absolute atomic E-state index is 0.385. The normalized spacial score (nSPS) is 10.1. The maximum atomic E-state index is 6.08. The Bertz CT molecular complexity index is 366. The van der Waals surface area contributed by atoms with Crippen LogP contribution in [0.5, 0.6) is 5.75 Å². The number of hydrogen-bond donors (Lipinski definition) is 2. The van der Waals surface area contributed by atoms with Gasteiger partial charge < -0.3 is 4.74 Å². The number of benzene rings is 1. The molecule has 0 aromatic heterocycles. The Balaban J connectivity index is 2.64. The molecule has 1 aromatic carbocycles. The average Bonchev–Trinajstić information content (AvgIpc) is 2.20. The van der Waals surface area contributed by atoms with E-state index in [-0.39, 0.29) is 0 Å². The van der Waals surface area contributed by atoms with Crippen LogP contribution in [-0.2, 0) is 6.42 Å². The zero-order chi connectivity index (χ0) is 12.0. The molecular formula is C12H18ClN2O+. The van der Waals surface area contributed by atoms with E-state index in [0.717, 1.165) is 24.2 Å². The van der Waals surface area contributed by atoms with Gasteiger partial charge in [-0.15, -0.1) is 0 Å². The first-order valence-corrected chi connectivity index (χ1v) is 5.79. The third-order valence-electron chi connectivity index (χ3n) is 2.16. The van der Waals surface area contributed by atoms with Gasteiger partial charge in [0.25, 0.3) is 0 Å². The van der Waals surface area contributed by atoms with Crippen molar-refractivity contribution in [2.75, 3.05) is 6.61 Å². The summed E-state index contributed by atoms with van der Waals surface area (Å²) >= 11 is 6.08. The van der Waals surface area contributed by atoms with E-state index in [0.29, 0.717) is 23.9 Å². The SMILES string of the molecule is CCCCOc1ccc(CC(N)=[NH2+])cc1Cl. The first-order valence-electron chi connectivity index (χ1n) is 5.41. The van der Waals surface area contributed by atoms with E-state index >= 15 is 0 Å². The Labute approximate surface area is 101 Å². The zero-order valence-corrected chi connectivity index (χ0v) is 10.3. The van der Waals surface area contributed by atoms with Gasteiger partial charge in [-0.1, -0.05) is 31.0 Å². The monoisotopic (exact) mass is 241 g/mol. The molecule has 0 unspecified atom stereocenters. The van der Waals surface area contributed by atoms with Crippen molar-refractivity contribution in [3.8, 4) is 5.75 Å². The Hall–Kier alpha value is -1.22. The molecule has 0 saturated heterocycles. The van der Waals surface area contributed by atoms with Crippen molar-refractivity contribution < 1.29 is 10.1 Å². The van der Waals surface area contributed by atoms with Crippen LogP contribution in [0.2, 0.25) is 5.02 Å². The van der Waals surface area contributed by atoms with Gasteiger partial charge >= 0.3 is 0 Å². The molecule has 0 amide bonds. The highest BCUT2D eigenvalue weighted by Gasteiger charge is 2.05. The summed E-state index contributed by atoms with van der Waals surface area (Å²) in [5.41, 5.74) is 6.42. The molecule has 0 radical (unpaired) electrons. The summed E-state index contributed by atoms with van der Waals surface area (Å²) in [5, 5.41) is 6.04. The molecule has 16 heavy (non-hydrogen) atoms. The van der Waals surface area contributed by atoms with Crippen LogP contribution in [0.25, 0.3) is 0 Å². The van der Waals surface area contributed by atoms with Crippen LogP contribution >= 0.6 is 11.6 Å². The summed E-state index contributed by atoms with van der Waals surface area (Å²) in [6.07, 6.45) is 2.67. The number of amidine groups is 1. The summed E-state index contributed by atoms with van der Waals surface area (Å²) in [4.78, 5) is 0. The predicted octanol–water partition coefficient (Wildman–Crippen LogP) is 1.18. The van der Waals surface area contributed by atoms with E-state index < -0.39 is 0 Å². The van der Waals surface area contributed by atoms with Gasteiger partial charge in [0.1, 0.15) is 5.75 Å². The van der Waals surface area contributed by atoms with Crippen molar-refractivity contribution in [3.05, 3.63) is 28.8 Å². The average molecular weight is 242 g/mol. The quantitative estimate of drug-likeness (QED) is 0.446. The summed E-state index contributed by atoms with van der Waals surface area (Å²) < 4.78 is 5.54. The molecule has 0 heterocycles. The number of unbranched alkanes of at least 4 members (excludes halogenated alkanes) is 1. The van der Waals surface area contributed by atoms with Crippen molar-refractivity contribution >= 4 is 17.4 Å². The van der Waals surface area contributed by atoms with E-state index in [1.807, 2.05) is 18.2 Å². The highest BCUT2D eigenvalue weighted by Crippen LogP contribution is 2.25. The minimum Gasteiger partial charge on any atom is -0.492 e. The smallest absolute Gasteiger partial charge is 0.242 e. The molecule has 1 rings (SSSR count). The maximum absolute atomic E-state index is 6.08. The molecule has 0 bridgehead atoms. The number of hydrogen-bond acceptors (Lipinski definition) is 1. The third-order valence-corrected chi connectivity index (χ3v) is 2.46. The van der Waals surface area contributed by atoms with Crippen molar-refractivity contribution in [2.45, 2.75) is 26.2 Å². The molecule has 0 spiro atoms. The first kappa shape index (κ1) is 12.8. The molecule has 88 valence electrons. The molecule has 4 heteroatoms. The fourth-order valence-electron chi connectivity index (χ4n) is 1.33. The van der Waals surface area contributed by atoms with Gasteiger partial charge in [0, 0.05) is 0 Å². The second kappa shape index (κ2) is 6.38. The van der Waals surface area contributed by atoms with Crippen molar-refractivity contribution in [1.29, 1.82) is 0 Å². The van der Waals surface area contributed by atoms with Gasteiger partial charge in [-0.05, 0) is 24.1 Å². The molecule has 1 aromatic rings. The minimum atomic E-state index is 0.385. The number of nitrogens with two attached hydrogens (primary N) is 2. The zero-order valence-electron chi connectivity index (χ0n) is 9.50. The van der Waals surface area contributed by atoms with Gasteiger partial charge in [0.05, 0.1) is 18.1 Å². The Morgan fingerprint density at radius 2 is 2.25 bits per heavy atom. The second-order valence-electron chi connectivity index (χ2n) is 3.72. The summed E-state index contributed by atoms with van der Waals surface area (Å²) in [6.45, 7) is 2.81. The molecule has 0 fully saturated rings. The summed E-state index contributed by atoms with van der Waals surface area (Å²) in [6, 6.07) is 5.62. The van der Waals surface area contributed by atoms with Gasteiger partial charge in [0.15, 0.2) is 0 Å². The number of rotatable bonds is 6. The molecule has 0 atom stereocenters. The molecular weight excluding hydrogens is 224 g/mol. The van der Waals surface area contributed by atoms with E-state index in [2.05, 4.69) is 6.92 Å². The maximum Gasteiger partial charge on any atom is 0.242 e. The van der Waals surface area contributed by atoms with Gasteiger partial charge in [-0.25, -0.2) is 0 Å². The molecule has 0 aliphatic heterocycles. The summed E-state index contributed by atoms with van der Waals surface area (Å²) in [7, 11) is 0. The second-order valence-corrected chi connectivity index (χ2v) is 4.13. The fourth-order valence-corrected chi connectivity index (χ4v) is 1.59. The van der Waals surface area contributed by atoms with Crippen molar-refractivity contribution in [3.63, 3.8) is 0 Å². The highest BCUT2D eigenvalue weighted by atomic mass is 35.5. The van der Waals surface area contributed by atoms with Crippen molar-refractivity contribution in [1.82, 2.24) is 0 Å². The highest BCUT2D eigenvalue weighted by molar-refractivity contribution is 6.32. The van der Waals surface area contributed by atoms with Gasteiger partial charge in [-0.2, -0.15) is 0 Å². The largest absolute Gasteiger partial charge is 0.492 e. The molecule has 3 nitrogen and oxygen atoms in total. The molecule has 0 aliphatic rings.